The minimum Gasteiger partial charge on any atom is -0.491 e. The number of thioether (sulfide) groups is 1. The topological polar surface area (TPSA) is 35.2 Å². The molecule has 0 bridgehead atoms. The lowest BCUT2D eigenvalue weighted by Gasteiger charge is -2.14. The lowest BCUT2D eigenvalue weighted by atomic mass is 10.0. The SMILES string of the molecule is NC(=S)c1ccc(OCC2CSc3ccccc32)c(Cl)c1. The third kappa shape index (κ3) is 3.18. The average molecular weight is 336 g/mol. The summed E-state index contributed by atoms with van der Waals surface area (Å²) in [4.78, 5) is 1.69. The van der Waals surface area contributed by atoms with Gasteiger partial charge in [-0.15, -0.1) is 11.8 Å². The predicted molar refractivity (Wildman–Crippen MR) is 92.7 cm³/mol. The van der Waals surface area contributed by atoms with E-state index < -0.39 is 0 Å². The molecule has 2 aromatic rings. The van der Waals surface area contributed by atoms with Crippen molar-refractivity contribution < 1.29 is 4.74 Å². The van der Waals surface area contributed by atoms with Crippen LogP contribution in [0.15, 0.2) is 47.4 Å². The Morgan fingerprint density at radius 3 is 2.90 bits per heavy atom. The number of nitrogens with two attached hydrogens (primary N) is 1. The smallest absolute Gasteiger partial charge is 0.137 e. The molecule has 2 nitrogen and oxygen atoms in total. The summed E-state index contributed by atoms with van der Waals surface area (Å²) in [5, 5.41) is 0.541. The van der Waals surface area contributed by atoms with Crippen molar-refractivity contribution in [1.29, 1.82) is 0 Å². The maximum absolute atomic E-state index is 6.21. The van der Waals surface area contributed by atoms with Crippen molar-refractivity contribution in [2.75, 3.05) is 12.4 Å². The van der Waals surface area contributed by atoms with Gasteiger partial charge in [0, 0.05) is 22.1 Å². The van der Waals surface area contributed by atoms with E-state index in [1.54, 1.807) is 6.07 Å². The number of fused-ring (bicyclic) bond motifs is 1. The molecule has 21 heavy (non-hydrogen) atoms. The van der Waals surface area contributed by atoms with Crippen LogP contribution in [0.3, 0.4) is 0 Å². The molecule has 0 saturated heterocycles. The Bertz CT molecular complexity index is 690. The number of rotatable bonds is 4. The van der Waals surface area contributed by atoms with Crippen LogP contribution in [0.4, 0.5) is 0 Å². The van der Waals surface area contributed by atoms with E-state index in [1.165, 1.54) is 10.5 Å². The zero-order valence-corrected chi connectivity index (χ0v) is 13.6. The van der Waals surface area contributed by atoms with E-state index in [0.29, 0.717) is 28.3 Å². The Labute approximate surface area is 138 Å². The Balaban J connectivity index is 1.70. The normalized spacial score (nSPS) is 16.5. The Morgan fingerprint density at radius 1 is 1.33 bits per heavy atom. The van der Waals surface area contributed by atoms with Crippen LogP contribution >= 0.6 is 35.6 Å². The number of halogens is 1. The molecule has 0 aromatic heterocycles. The van der Waals surface area contributed by atoms with Crippen LogP contribution in [-0.2, 0) is 0 Å². The second-order valence-corrected chi connectivity index (χ2v) is 6.78. The number of benzene rings is 2. The van der Waals surface area contributed by atoms with E-state index in [9.17, 15) is 0 Å². The first-order valence-electron chi connectivity index (χ1n) is 6.59. The van der Waals surface area contributed by atoms with Crippen LogP contribution in [0.5, 0.6) is 5.75 Å². The van der Waals surface area contributed by atoms with Crippen molar-refractivity contribution >= 4 is 40.6 Å². The first kappa shape index (κ1) is 14.7. The summed E-state index contributed by atoms with van der Waals surface area (Å²) >= 11 is 13.0. The molecule has 1 atom stereocenters. The fraction of sp³-hybridized carbons (Fsp3) is 0.188. The van der Waals surface area contributed by atoms with Gasteiger partial charge in [-0.3, -0.25) is 0 Å². The van der Waals surface area contributed by atoms with E-state index in [4.69, 9.17) is 34.3 Å². The van der Waals surface area contributed by atoms with Gasteiger partial charge in [-0.1, -0.05) is 42.0 Å². The zero-order chi connectivity index (χ0) is 14.8. The summed E-state index contributed by atoms with van der Waals surface area (Å²) in [6.07, 6.45) is 0. The van der Waals surface area contributed by atoms with Crippen molar-refractivity contribution in [2.24, 2.45) is 5.73 Å². The van der Waals surface area contributed by atoms with Crippen LogP contribution in [0.2, 0.25) is 5.02 Å². The van der Waals surface area contributed by atoms with Gasteiger partial charge in [0.05, 0.1) is 11.6 Å². The lowest BCUT2D eigenvalue weighted by Crippen LogP contribution is -2.11. The molecule has 5 heteroatoms. The molecule has 0 fully saturated rings. The number of thiocarbonyl (C=S) groups is 1. The van der Waals surface area contributed by atoms with Gasteiger partial charge in [0.1, 0.15) is 10.7 Å². The molecule has 1 heterocycles. The monoisotopic (exact) mass is 335 g/mol. The van der Waals surface area contributed by atoms with Crippen LogP contribution in [0.25, 0.3) is 0 Å². The van der Waals surface area contributed by atoms with E-state index in [0.717, 1.165) is 11.3 Å². The van der Waals surface area contributed by atoms with E-state index in [-0.39, 0.29) is 0 Å². The van der Waals surface area contributed by atoms with Gasteiger partial charge in [-0.25, -0.2) is 0 Å². The second-order valence-electron chi connectivity index (χ2n) is 4.87. The van der Waals surface area contributed by atoms with Gasteiger partial charge in [0.25, 0.3) is 0 Å². The Kier molecular flexibility index (Phi) is 4.38. The van der Waals surface area contributed by atoms with Crippen molar-refractivity contribution in [3.05, 3.63) is 58.6 Å². The molecule has 1 unspecified atom stereocenters. The molecule has 2 aromatic carbocycles. The highest BCUT2D eigenvalue weighted by atomic mass is 35.5. The van der Waals surface area contributed by atoms with E-state index in [1.807, 2.05) is 23.9 Å². The fourth-order valence-electron chi connectivity index (χ4n) is 2.33. The Hall–Kier alpha value is -1.23. The van der Waals surface area contributed by atoms with Gasteiger partial charge in [0.2, 0.25) is 0 Å². The summed E-state index contributed by atoms with van der Waals surface area (Å²) in [6, 6.07) is 13.9. The standard InChI is InChI=1S/C16H14ClNOS2/c17-13-7-10(16(18)20)5-6-14(13)19-8-11-9-21-15-4-2-1-3-12(11)15/h1-7,11H,8-9H2,(H2,18,20). The van der Waals surface area contributed by atoms with Gasteiger partial charge in [-0.2, -0.15) is 0 Å². The van der Waals surface area contributed by atoms with Gasteiger partial charge in [-0.05, 0) is 29.8 Å². The summed E-state index contributed by atoms with van der Waals surface area (Å²) in [7, 11) is 0. The third-order valence-corrected chi connectivity index (χ3v) is 5.24. The van der Waals surface area contributed by atoms with Gasteiger partial charge >= 0.3 is 0 Å². The fourth-order valence-corrected chi connectivity index (χ4v) is 3.92. The third-order valence-electron chi connectivity index (χ3n) is 3.46. The minimum atomic E-state index is 0.338. The second kappa shape index (κ2) is 6.26. The van der Waals surface area contributed by atoms with Crippen LogP contribution in [-0.4, -0.2) is 17.3 Å². The summed E-state index contributed by atoms with van der Waals surface area (Å²) < 4.78 is 5.88. The van der Waals surface area contributed by atoms with Crippen molar-refractivity contribution in [2.45, 2.75) is 10.8 Å². The number of hydrogen-bond acceptors (Lipinski definition) is 3. The molecule has 0 saturated carbocycles. The van der Waals surface area contributed by atoms with Crippen LogP contribution < -0.4 is 10.5 Å². The number of hydrogen-bond donors (Lipinski definition) is 1. The van der Waals surface area contributed by atoms with E-state index >= 15 is 0 Å². The largest absolute Gasteiger partial charge is 0.491 e. The summed E-state index contributed by atoms with van der Waals surface area (Å²) in [5.41, 5.74) is 7.70. The van der Waals surface area contributed by atoms with Gasteiger partial charge < -0.3 is 10.5 Å². The molecular formula is C16H14ClNOS2. The molecule has 0 aliphatic carbocycles. The van der Waals surface area contributed by atoms with Gasteiger partial charge in [0.15, 0.2) is 0 Å². The highest BCUT2D eigenvalue weighted by Gasteiger charge is 2.23. The molecule has 1 aliphatic heterocycles. The first-order valence-corrected chi connectivity index (χ1v) is 8.36. The number of ether oxygens (including phenoxy) is 1. The Morgan fingerprint density at radius 2 is 2.14 bits per heavy atom. The molecule has 0 spiro atoms. The highest BCUT2D eigenvalue weighted by Crippen LogP contribution is 2.39. The summed E-state index contributed by atoms with van der Waals surface area (Å²) in [5.74, 6) is 2.12. The summed E-state index contributed by atoms with van der Waals surface area (Å²) in [6.45, 7) is 0.621. The van der Waals surface area contributed by atoms with Crippen molar-refractivity contribution in [3.63, 3.8) is 0 Å². The van der Waals surface area contributed by atoms with E-state index in [2.05, 4.69) is 24.3 Å². The zero-order valence-electron chi connectivity index (χ0n) is 11.2. The molecule has 0 radical (unpaired) electrons. The molecule has 108 valence electrons. The van der Waals surface area contributed by atoms with Crippen molar-refractivity contribution in [1.82, 2.24) is 0 Å². The predicted octanol–water partition coefficient (Wildman–Crippen LogP) is 4.24. The molecule has 1 aliphatic rings. The molecule has 0 amide bonds. The maximum atomic E-state index is 6.21. The van der Waals surface area contributed by atoms with Crippen LogP contribution in [0, 0.1) is 0 Å². The first-order chi connectivity index (χ1) is 10.1. The molecule has 3 rings (SSSR count). The lowest BCUT2D eigenvalue weighted by molar-refractivity contribution is 0.298. The average Bonchev–Trinajstić information content (AvgIpc) is 2.89. The molecular weight excluding hydrogens is 322 g/mol. The highest BCUT2D eigenvalue weighted by molar-refractivity contribution is 7.99. The molecule has 2 N–H and O–H groups in total. The maximum Gasteiger partial charge on any atom is 0.137 e. The minimum absolute atomic E-state index is 0.338. The van der Waals surface area contributed by atoms with Crippen LogP contribution in [0.1, 0.15) is 17.0 Å². The van der Waals surface area contributed by atoms with Crippen molar-refractivity contribution in [3.8, 4) is 5.75 Å². The quantitative estimate of drug-likeness (QED) is 0.847.